The van der Waals surface area contributed by atoms with E-state index in [4.69, 9.17) is 27.7 Å². The second-order valence-electron chi connectivity index (χ2n) is 6.00. The molecule has 0 aliphatic rings. The van der Waals surface area contributed by atoms with Crippen molar-refractivity contribution >= 4 is 28.4 Å². The standard InChI is InChI=1S/C18H23N5O3/c1-26-14-6-5-11-9-13(4-3-12(11)10-14)15(24)18(22,16(19)25)7-2-8-23-17(20)21/h3-6,9-10H,2,7-8,22H2,1H3,(H2,19,25)(H4,20,21,23)/t18-/m1/s1. The number of nitrogens with two attached hydrogens (primary N) is 4. The summed E-state index contributed by atoms with van der Waals surface area (Å²) in [6, 6.07) is 10.5. The van der Waals surface area contributed by atoms with Crippen molar-refractivity contribution in [1.82, 2.24) is 0 Å². The van der Waals surface area contributed by atoms with Gasteiger partial charge in [-0.2, -0.15) is 0 Å². The number of methoxy groups -OCH3 is 1. The third-order valence-corrected chi connectivity index (χ3v) is 4.18. The average molecular weight is 357 g/mol. The molecule has 138 valence electrons. The number of nitrogens with zero attached hydrogens (tertiary/aromatic N) is 1. The minimum Gasteiger partial charge on any atom is -0.497 e. The lowest BCUT2D eigenvalue weighted by Gasteiger charge is -2.24. The van der Waals surface area contributed by atoms with Crippen molar-refractivity contribution in [2.24, 2.45) is 27.9 Å². The van der Waals surface area contributed by atoms with Gasteiger partial charge in [-0.1, -0.05) is 18.2 Å². The molecule has 0 unspecified atom stereocenters. The van der Waals surface area contributed by atoms with Crippen LogP contribution in [-0.4, -0.2) is 36.8 Å². The van der Waals surface area contributed by atoms with Gasteiger partial charge in [0.2, 0.25) is 5.91 Å². The quantitative estimate of drug-likeness (QED) is 0.174. The Bertz CT molecular complexity index is 861. The van der Waals surface area contributed by atoms with E-state index in [-0.39, 0.29) is 18.9 Å². The number of amides is 1. The third-order valence-electron chi connectivity index (χ3n) is 4.18. The van der Waals surface area contributed by atoms with Crippen LogP contribution in [0.3, 0.4) is 0 Å². The van der Waals surface area contributed by atoms with Crippen LogP contribution in [-0.2, 0) is 4.79 Å². The van der Waals surface area contributed by atoms with Crippen LogP contribution in [0.4, 0.5) is 0 Å². The van der Waals surface area contributed by atoms with Gasteiger partial charge in [-0.25, -0.2) is 0 Å². The summed E-state index contributed by atoms with van der Waals surface area (Å²) in [5.41, 5.74) is 20.5. The molecule has 1 atom stereocenters. The largest absolute Gasteiger partial charge is 0.497 e. The first-order chi connectivity index (χ1) is 12.3. The minimum absolute atomic E-state index is 0.0403. The molecular formula is C18H23N5O3. The lowest BCUT2D eigenvalue weighted by atomic mass is 9.84. The molecule has 2 aromatic rings. The van der Waals surface area contributed by atoms with E-state index >= 15 is 0 Å². The summed E-state index contributed by atoms with van der Waals surface area (Å²) >= 11 is 0. The van der Waals surface area contributed by atoms with Crippen LogP contribution in [0.2, 0.25) is 0 Å². The molecule has 0 spiro atoms. The van der Waals surface area contributed by atoms with Crippen molar-refractivity contribution < 1.29 is 14.3 Å². The maximum Gasteiger partial charge on any atom is 0.245 e. The van der Waals surface area contributed by atoms with Crippen molar-refractivity contribution in [2.75, 3.05) is 13.7 Å². The SMILES string of the molecule is COc1ccc2cc(C(=O)[C@](N)(CCCN=C(N)N)C(N)=O)ccc2c1. The molecule has 0 heterocycles. The van der Waals surface area contributed by atoms with Gasteiger partial charge in [0.1, 0.15) is 5.75 Å². The Morgan fingerprint density at radius 2 is 1.73 bits per heavy atom. The maximum absolute atomic E-state index is 12.9. The number of carbonyl (C=O) groups is 2. The van der Waals surface area contributed by atoms with Crippen molar-refractivity contribution in [3.8, 4) is 5.75 Å². The summed E-state index contributed by atoms with van der Waals surface area (Å²) in [7, 11) is 1.58. The molecule has 0 bridgehead atoms. The smallest absolute Gasteiger partial charge is 0.245 e. The van der Waals surface area contributed by atoms with E-state index in [1.807, 2.05) is 12.1 Å². The number of benzene rings is 2. The number of fused-ring (bicyclic) bond motifs is 1. The molecule has 26 heavy (non-hydrogen) atoms. The molecule has 0 radical (unpaired) electrons. The van der Waals surface area contributed by atoms with E-state index in [1.54, 1.807) is 31.4 Å². The maximum atomic E-state index is 12.9. The molecule has 0 fully saturated rings. The van der Waals surface area contributed by atoms with Gasteiger partial charge in [0.15, 0.2) is 17.3 Å². The number of aliphatic imine (C=N–C) groups is 1. The number of guanidine groups is 1. The highest BCUT2D eigenvalue weighted by Crippen LogP contribution is 2.24. The second kappa shape index (κ2) is 7.83. The monoisotopic (exact) mass is 357 g/mol. The fourth-order valence-electron chi connectivity index (χ4n) is 2.66. The van der Waals surface area contributed by atoms with Crippen molar-refractivity contribution in [3.63, 3.8) is 0 Å². The predicted molar refractivity (Wildman–Crippen MR) is 101 cm³/mol. The Morgan fingerprint density at radius 1 is 1.08 bits per heavy atom. The third kappa shape index (κ3) is 4.09. The molecule has 0 aliphatic heterocycles. The van der Waals surface area contributed by atoms with Crippen LogP contribution in [0.25, 0.3) is 10.8 Å². The number of rotatable bonds is 8. The summed E-state index contributed by atoms with van der Waals surface area (Å²) in [6.45, 7) is 0.249. The molecule has 0 saturated heterocycles. The van der Waals surface area contributed by atoms with Crippen LogP contribution in [0.1, 0.15) is 23.2 Å². The van der Waals surface area contributed by atoms with Crippen molar-refractivity contribution in [1.29, 1.82) is 0 Å². The van der Waals surface area contributed by atoms with E-state index in [9.17, 15) is 9.59 Å². The Hall–Kier alpha value is -3.13. The van der Waals surface area contributed by atoms with Gasteiger partial charge in [-0.3, -0.25) is 14.6 Å². The number of hydrogen-bond acceptors (Lipinski definition) is 5. The van der Waals surface area contributed by atoms with E-state index in [0.717, 1.165) is 10.8 Å². The Kier molecular flexibility index (Phi) is 5.78. The number of hydrogen-bond donors (Lipinski definition) is 4. The van der Waals surface area contributed by atoms with Crippen molar-refractivity contribution in [2.45, 2.75) is 18.4 Å². The average Bonchev–Trinajstić information content (AvgIpc) is 2.63. The Labute approximate surface area is 151 Å². The second-order valence-corrected chi connectivity index (χ2v) is 6.00. The van der Waals surface area contributed by atoms with E-state index in [1.165, 1.54) is 0 Å². The zero-order valence-electron chi connectivity index (χ0n) is 14.6. The summed E-state index contributed by atoms with van der Waals surface area (Å²) in [5, 5.41) is 1.72. The summed E-state index contributed by atoms with van der Waals surface area (Å²) in [4.78, 5) is 28.6. The first-order valence-corrected chi connectivity index (χ1v) is 8.04. The topological polar surface area (TPSA) is 160 Å². The highest BCUT2D eigenvalue weighted by atomic mass is 16.5. The first kappa shape index (κ1) is 19.2. The fraction of sp³-hybridized carbons (Fsp3) is 0.278. The molecule has 8 N–H and O–H groups in total. The van der Waals surface area contributed by atoms with Gasteiger partial charge < -0.3 is 27.7 Å². The van der Waals surface area contributed by atoms with Crippen molar-refractivity contribution in [3.05, 3.63) is 42.0 Å². The van der Waals surface area contributed by atoms with Crippen LogP contribution in [0.5, 0.6) is 5.75 Å². The lowest BCUT2D eigenvalue weighted by Crippen LogP contribution is -2.58. The summed E-state index contributed by atoms with van der Waals surface area (Å²) in [5.74, 6) is -0.779. The van der Waals surface area contributed by atoms with Gasteiger partial charge in [0.05, 0.1) is 7.11 Å². The highest BCUT2D eigenvalue weighted by molar-refractivity contribution is 6.18. The van der Waals surface area contributed by atoms with Gasteiger partial charge in [-0.05, 0) is 41.8 Å². The molecule has 8 heteroatoms. The van der Waals surface area contributed by atoms with Crippen LogP contribution in [0, 0.1) is 0 Å². The zero-order chi connectivity index (χ0) is 19.3. The molecule has 0 aromatic heterocycles. The lowest BCUT2D eigenvalue weighted by molar-refractivity contribution is -0.121. The van der Waals surface area contributed by atoms with Gasteiger partial charge in [0.25, 0.3) is 0 Å². The van der Waals surface area contributed by atoms with Crippen LogP contribution < -0.4 is 27.7 Å². The Morgan fingerprint density at radius 3 is 2.35 bits per heavy atom. The minimum atomic E-state index is -1.82. The van der Waals surface area contributed by atoms with Gasteiger partial charge >= 0.3 is 0 Å². The molecule has 2 rings (SSSR count). The molecule has 2 aromatic carbocycles. The number of ketones is 1. The number of carbonyl (C=O) groups excluding carboxylic acids is 2. The van der Waals surface area contributed by atoms with E-state index in [2.05, 4.69) is 4.99 Å². The first-order valence-electron chi connectivity index (χ1n) is 8.04. The normalized spacial score (nSPS) is 13.0. The molecule has 0 saturated carbocycles. The highest BCUT2D eigenvalue weighted by Gasteiger charge is 2.40. The molecule has 1 amide bonds. The molecule has 8 nitrogen and oxygen atoms in total. The number of primary amides is 1. The zero-order valence-corrected chi connectivity index (χ0v) is 14.6. The van der Waals surface area contributed by atoms with Crippen LogP contribution in [0.15, 0.2) is 41.4 Å². The Balaban J connectivity index is 2.28. The van der Waals surface area contributed by atoms with E-state index < -0.39 is 17.2 Å². The van der Waals surface area contributed by atoms with Gasteiger partial charge in [0, 0.05) is 12.1 Å². The number of Topliss-reactive ketones (excluding diaryl/α,β-unsaturated/α-hetero) is 1. The summed E-state index contributed by atoms with van der Waals surface area (Å²) in [6.07, 6.45) is 0.381. The fourth-order valence-corrected chi connectivity index (χ4v) is 2.66. The van der Waals surface area contributed by atoms with Gasteiger partial charge in [-0.15, -0.1) is 0 Å². The van der Waals surface area contributed by atoms with E-state index in [0.29, 0.717) is 17.7 Å². The molecule has 0 aliphatic carbocycles. The predicted octanol–water partition coefficient (Wildman–Crippen LogP) is 0.268. The number of ether oxygens (including phenoxy) is 1. The summed E-state index contributed by atoms with van der Waals surface area (Å²) < 4.78 is 5.18. The molecular weight excluding hydrogens is 334 g/mol. The van der Waals surface area contributed by atoms with Crippen LogP contribution >= 0.6 is 0 Å².